The Morgan fingerprint density at radius 3 is 2.89 bits per heavy atom. The van der Waals surface area contributed by atoms with Gasteiger partial charge in [-0.25, -0.2) is 0 Å². The van der Waals surface area contributed by atoms with Gasteiger partial charge in [-0.1, -0.05) is 29.3 Å². The molecule has 1 aliphatic carbocycles. The molecular weight excluding hydrogens is 269 g/mol. The van der Waals surface area contributed by atoms with E-state index >= 15 is 0 Å². The molecule has 1 aliphatic heterocycles. The van der Waals surface area contributed by atoms with Crippen molar-refractivity contribution in [1.82, 2.24) is 5.32 Å². The van der Waals surface area contributed by atoms with Gasteiger partial charge < -0.3 is 10.1 Å². The summed E-state index contributed by atoms with van der Waals surface area (Å²) in [4.78, 5) is 0. The highest BCUT2D eigenvalue weighted by Gasteiger charge is 2.68. The van der Waals surface area contributed by atoms with Gasteiger partial charge in [0, 0.05) is 24.5 Å². The summed E-state index contributed by atoms with van der Waals surface area (Å²) in [7, 11) is 1.78. The third-order valence-corrected chi connectivity index (χ3v) is 5.35. The highest BCUT2D eigenvalue weighted by Crippen LogP contribution is 2.67. The van der Waals surface area contributed by atoms with Crippen LogP contribution >= 0.6 is 23.2 Å². The lowest BCUT2D eigenvalue weighted by molar-refractivity contribution is 0.116. The molecule has 1 heterocycles. The van der Waals surface area contributed by atoms with Crippen molar-refractivity contribution in [3.8, 4) is 0 Å². The Morgan fingerprint density at radius 1 is 1.33 bits per heavy atom. The van der Waals surface area contributed by atoms with Crippen LogP contribution in [-0.2, 0) is 10.2 Å². The molecule has 4 heteroatoms. The van der Waals surface area contributed by atoms with Crippen LogP contribution in [0, 0.1) is 5.41 Å². The van der Waals surface area contributed by atoms with Gasteiger partial charge in [0.05, 0.1) is 16.7 Å². The fourth-order valence-corrected chi connectivity index (χ4v) is 3.91. The number of fused-ring (bicyclic) bond motifs is 1. The first kappa shape index (κ1) is 12.7. The number of hydrogen-bond acceptors (Lipinski definition) is 2. The Hall–Kier alpha value is -0.280. The van der Waals surface area contributed by atoms with Crippen LogP contribution in [0.4, 0.5) is 0 Å². The minimum absolute atomic E-state index is 0.239. The van der Waals surface area contributed by atoms with Crippen molar-refractivity contribution in [2.75, 3.05) is 26.8 Å². The fourth-order valence-electron chi connectivity index (χ4n) is 3.61. The second kappa shape index (κ2) is 4.38. The molecule has 1 saturated heterocycles. The zero-order valence-corrected chi connectivity index (χ0v) is 11.9. The first-order chi connectivity index (χ1) is 8.63. The quantitative estimate of drug-likeness (QED) is 0.921. The SMILES string of the molecule is COC[C@]12CNCC[C@]1(c1ccc(Cl)c(Cl)c1)C2. The average Bonchev–Trinajstić information content (AvgIpc) is 3.03. The molecule has 2 aliphatic rings. The molecule has 3 rings (SSSR count). The van der Waals surface area contributed by atoms with Gasteiger partial charge in [0.1, 0.15) is 0 Å². The molecular formula is C14H17Cl2NO. The monoisotopic (exact) mass is 285 g/mol. The minimum Gasteiger partial charge on any atom is -0.384 e. The summed E-state index contributed by atoms with van der Waals surface area (Å²) >= 11 is 12.2. The first-order valence-electron chi connectivity index (χ1n) is 6.29. The summed E-state index contributed by atoms with van der Waals surface area (Å²) in [5.74, 6) is 0. The Bertz CT molecular complexity index is 475. The maximum atomic E-state index is 6.16. The second-order valence-electron chi connectivity index (χ2n) is 5.53. The van der Waals surface area contributed by atoms with Crippen LogP contribution in [0.5, 0.6) is 0 Å². The van der Waals surface area contributed by atoms with Crippen molar-refractivity contribution >= 4 is 23.2 Å². The van der Waals surface area contributed by atoms with Gasteiger partial charge in [-0.2, -0.15) is 0 Å². The van der Waals surface area contributed by atoms with Gasteiger partial charge in [0.2, 0.25) is 0 Å². The van der Waals surface area contributed by atoms with Crippen molar-refractivity contribution in [1.29, 1.82) is 0 Å². The van der Waals surface area contributed by atoms with E-state index in [0.29, 0.717) is 10.0 Å². The van der Waals surface area contributed by atoms with Crippen molar-refractivity contribution in [2.24, 2.45) is 5.41 Å². The number of nitrogens with one attached hydrogen (secondary N) is 1. The van der Waals surface area contributed by atoms with Crippen molar-refractivity contribution in [3.63, 3.8) is 0 Å². The molecule has 0 radical (unpaired) electrons. The molecule has 1 aromatic carbocycles. The van der Waals surface area contributed by atoms with Gasteiger partial charge in [-0.05, 0) is 37.1 Å². The predicted octanol–water partition coefficient (Wildman–Crippen LogP) is 3.26. The molecule has 0 unspecified atom stereocenters. The normalized spacial score (nSPS) is 34.2. The number of methoxy groups -OCH3 is 1. The number of ether oxygens (including phenoxy) is 1. The highest BCUT2D eigenvalue weighted by atomic mass is 35.5. The van der Waals surface area contributed by atoms with Gasteiger partial charge in [-0.15, -0.1) is 0 Å². The third kappa shape index (κ3) is 1.70. The van der Waals surface area contributed by atoms with Crippen molar-refractivity contribution in [2.45, 2.75) is 18.3 Å². The van der Waals surface area contributed by atoms with Crippen LogP contribution < -0.4 is 5.32 Å². The summed E-state index contributed by atoms with van der Waals surface area (Å²) < 4.78 is 5.43. The van der Waals surface area contributed by atoms with Crippen LogP contribution in [0.1, 0.15) is 18.4 Å². The van der Waals surface area contributed by atoms with E-state index in [0.717, 1.165) is 26.1 Å². The van der Waals surface area contributed by atoms with E-state index < -0.39 is 0 Å². The molecule has 2 nitrogen and oxygen atoms in total. The second-order valence-corrected chi connectivity index (χ2v) is 6.34. The standard InChI is InChI=1S/C14H17Cl2NO/c1-18-9-13-7-14(13,4-5-17-8-13)10-2-3-11(15)12(16)6-10/h2-3,6,17H,4-5,7-9H2,1H3/t13-,14+/m0/s1. The summed E-state index contributed by atoms with van der Waals surface area (Å²) in [6.07, 6.45) is 2.33. The molecule has 2 fully saturated rings. The molecule has 1 saturated carbocycles. The van der Waals surface area contributed by atoms with E-state index in [-0.39, 0.29) is 10.8 Å². The number of halogens is 2. The van der Waals surface area contributed by atoms with E-state index in [1.807, 2.05) is 12.1 Å². The van der Waals surface area contributed by atoms with Gasteiger partial charge >= 0.3 is 0 Å². The third-order valence-electron chi connectivity index (χ3n) is 4.62. The van der Waals surface area contributed by atoms with Gasteiger partial charge in [-0.3, -0.25) is 0 Å². The summed E-state index contributed by atoms with van der Waals surface area (Å²) in [6, 6.07) is 6.06. The van der Waals surface area contributed by atoms with E-state index in [1.165, 1.54) is 12.0 Å². The summed E-state index contributed by atoms with van der Waals surface area (Å²) in [5, 5.41) is 4.76. The highest BCUT2D eigenvalue weighted by molar-refractivity contribution is 6.42. The molecule has 2 atom stereocenters. The fraction of sp³-hybridized carbons (Fsp3) is 0.571. The van der Waals surface area contributed by atoms with E-state index in [9.17, 15) is 0 Å². The van der Waals surface area contributed by atoms with E-state index in [4.69, 9.17) is 27.9 Å². The van der Waals surface area contributed by atoms with Crippen LogP contribution in [0.3, 0.4) is 0 Å². The smallest absolute Gasteiger partial charge is 0.0595 e. The van der Waals surface area contributed by atoms with Crippen molar-refractivity contribution < 1.29 is 4.74 Å². The zero-order valence-electron chi connectivity index (χ0n) is 10.4. The van der Waals surface area contributed by atoms with Gasteiger partial charge in [0.15, 0.2) is 0 Å². The Kier molecular flexibility index (Phi) is 3.10. The number of benzene rings is 1. The predicted molar refractivity (Wildman–Crippen MR) is 74.6 cm³/mol. The number of hydrogen-bond donors (Lipinski definition) is 1. The van der Waals surface area contributed by atoms with Crippen LogP contribution in [0.15, 0.2) is 18.2 Å². The molecule has 0 amide bonds. The Labute approximate surface area is 118 Å². The van der Waals surface area contributed by atoms with Crippen LogP contribution in [0.2, 0.25) is 10.0 Å². The van der Waals surface area contributed by atoms with E-state index in [2.05, 4.69) is 11.4 Å². The minimum atomic E-state index is 0.239. The molecule has 0 spiro atoms. The number of rotatable bonds is 3. The van der Waals surface area contributed by atoms with Gasteiger partial charge in [0.25, 0.3) is 0 Å². The molecule has 0 bridgehead atoms. The topological polar surface area (TPSA) is 21.3 Å². The summed E-state index contributed by atoms with van der Waals surface area (Å²) in [6.45, 7) is 2.90. The molecule has 98 valence electrons. The average molecular weight is 286 g/mol. The maximum Gasteiger partial charge on any atom is 0.0595 e. The van der Waals surface area contributed by atoms with Crippen LogP contribution in [-0.4, -0.2) is 26.8 Å². The molecule has 18 heavy (non-hydrogen) atoms. The first-order valence-corrected chi connectivity index (χ1v) is 7.04. The molecule has 0 aromatic heterocycles. The van der Waals surface area contributed by atoms with E-state index in [1.54, 1.807) is 7.11 Å². The zero-order chi connectivity index (χ0) is 12.8. The van der Waals surface area contributed by atoms with Crippen LogP contribution in [0.25, 0.3) is 0 Å². The lowest BCUT2D eigenvalue weighted by Crippen LogP contribution is -2.40. The molecule has 1 aromatic rings. The lowest BCUT2D eigenvalue weighted by atomic mass is 9.81. The Balaban J connectivity index is 1.97. The number of piperidine rings is 1. The lowest BCUT2D eigenvalue weighted by Gasteiger charge is -2.31. The molecule has 1 N–H and O–H groups in total. The van der Waals surface area contributed by atoms with Crippen molar-refractivity contribution in [3.05, 3.63) is 33.8 Å². The maximum absolute atomic E-state index is 6.16. The Morgan fingerprint density at radius 2 is 2.17 bits per heavy atom. The summed E-state index contributed by atoms with van der Waals surface area (Å²) in [5.41, 5.74) is 1.80. The largest absolute Gasteiger partial charge is 0.384 e.